The molecule has 0 bridgehead atoms. The van der Waals surface area contributed by atoms with E-state index in [1.54, 1.807) is 0 Å². The summed E-state index contributed by atoms with van der Waals surface area (Å²) in [4.78, 5) is 38.1. The Hall–Kier alpha value is -0.150. The molecule has 0 saturated carbocycles. The third-order valence-electron chi connectivity index (χ3n) is 11.7. The molecular weight excluding hydrogens is 826 g/mol. The monoisotopic (exact) mass is 917 g/mol. The molecule has 1 heterocycles. The van der Waals surface area contributed by atoms with Gasteiger partial charge in [-0.25, -0.2) is 0 Å². The number of rotatable bonds is 43. The number of carbonyl (C=O) groups excluding carboxylic acids is 2. The molecule has 0 aliphatic carbocycles. The van der Waals surface area contributed by atoms with Gasteiger partial charge in [-0.3, -0.25) is 18.7 Å². The van der Waals surface area contributed by atoms with Crippen molar-refractivity contribution < 1.29 is 92.3 Å². The molecule has 1 rings (SSSR count). The Morgan fingerprint density at radius 1 is 0.548 bits per heavy atom. The van der Waals surface area contributed by atoms with Gasteiger partial charge < -0.3 is 44.1 Å². The van der Waals surface area contributed by atoms with Crippen molar-refractivity contribution in [2.24, 2.45) is 0 Å². The van der Waals surface area contributed by atoms with Gasteiger partial charge in [0.1, 0.15) is 31.0 Å². The molecule has 1 aliphatic rings. The molecule has 0 aromatic carbocycles. The normalized spacial score (nSPS) is 20.3. The number of carbonyl (C=O) groups is 2. The second kappa shape index (κ2) is 42.2. The summed E-state index contributed by atoms with van der Waals surface area (Å²) in [5.74, 6) is -1.07. The number of ether oxygens (including phenoxy) is 3. The first-order valence-corrected chi connectivity index (χ1v) is 26.3. The minimum atomic E-state index is -5.27. The number of aliphatic hydroxyl groups excluding tert-OH is 4. The van der Waals surface area contributed by atoms with E-state index in [1.165, 1.54) is 154 Å². The summed E-state index contributed by atoms with van der Waals surface area (Å²) in [7, 11) is -5.27. The Morgan fingerprint density at radius 2 is 0.903 bits per heavy atom. The van der Waals surface area contributed by atoms with Crippen LogP contribution in [0.15, 0.2) is 0 Å². The van der Waals surface area contributed by atoms with Gasteiger partial charge in [0, 0.05) is 12.8 Å². The summed E-state index contributed by atoms with van der Waals surface area (Å²) in [6.45, 7) is 2.55. The molecule has 15 heteroatoms. The average Bonchev–Trinajstić information content (AvgIpc) is 3.24. The fourth-order valence-electron chi connectivity index (χ4n) is 7.74. The minimum absolute atomic E-state index is 0. The molecule has 0 radical (unpaired) electrons. The van der Waals surface area contributed by atoms with Gasteiger partial charge in [0.25, 0.3) is 7.82 Å². The number of hydrogen-bond donors (Lipinski definition) is 4. The number of esters is 2. The summed E-state index contributed by atoms with van der Waals surface area (Å²) in [6.07, 6.45) is 28.9. The van der Waals surface area contributed by atoms with E-state index in [0.717, 1.165) is 38.5 Å². The largest absolute Gasteiger partial charge is 1.00 e. The van der Waals surface area contributed by atoms with Crippen molar-refractivity contribution in [3.8, 4) is 0 Å². The molecule has 0 aromatic heterocycles. The van der Waals surface area contributed by atoms with Gasteiger partial charge in [0.15, 0.2) is 12.4 Å². The van der Waals surface area contributed by atoms with Crippen LogP contribution in [0.4, 0.5) is 0 Å². The van der Waals surface area contributed by atoms with Crippen molar-refractivity contribution in [1.82, 2.24) is 0 Å². The number of aliphatic hydroxyl groups is 4. The molecule has 62 heavy (non-hydrogen) atoms. The Labute approximate surface area is 398 Å². The van der Waals surface area contributed by atoms with Crippen molar-refractivity contribution in [3.05, 3.63) is 0 Å². The van der Waals surface area contributed by atoms with Crippen LogP contribution >= 0.6 is 7.82 Å². The molecule has 1 saturated heterocycles. The third-order valence-corrected chi connectivity index (χ3v) is 12.6. The van der Waals surface area contributed by atoms with Gasteiger partial charge >= 0.3 is 41.5 Å². The van der Waals surface area contributed by atoms with Crippen molar-refractivity contribution in [1.29, 1.82) is 0 Å². The maximum atomic E-state index is 12.8. The SMILES string of the molecule is CCCCCCCCCCCCCCCCCCCC(=O)O[C@H](COC(=O)CCCCCCCCCCCCCCCCC)COP(=O)([O-])O[C@@H]1O[C@H](CO)[C@@H](O)[C@H](O)[C@H]1O.[Na+]. The first-order chi connectivity index (χ1) is 29.5. The zero-order chi connectivity index (χ0) is 44.8. The second-order valence-corrected chi connectivity index (χ2v) is 18.8. The zero-order valence-electron chi connectivity index (χ0n) is 39.5. The van der Waals surface area contributed by atoms with Crippen molar-refractivity contribution >= 4 is 19.8 Å². The van der Waals surface area contributed by atoms with Crippen LogP contribution in [0.25, 0.3) is 0 Å². The molecule has 0 amide bonds. The van der Waals surface area contributed by atoms with Crippen LogP contribution in [0.1, 0.15) is 232 Å². The fraction of sp³-hybridized carbons (Fsp3) is 0.957. The molecule has 362 valence electrons. The fourth-order valence-corrected chi connectivity index (χ4v) is 8.58. The van der Waals surface area contributed by atoms with Crippen LogP contribution in [-0.2, 0) is 37.4 Å². The Balaban J connectivity index is 0.0000372. The molecule has 0 spiro atoms. The van der Waals surface area contributed by atoms with Gasteiger partial charge in [0.05, 0.1) is 13.2 Å². The first-order valence-electron chi connectivity index (χ1n) is 24.8. The summed E-state index contributed by atoms with van der Waals surface area (Å²) in [5.41, 5.74) is 0. The second-order valence-electron chi connectivity index (χ2n) is 17.4. The molecule has 0 aromatic rings. The van der Waals surface area contributed by atoms with Crippen LogP contribution in [0.3, 0.4) is 0 Å². The van der Waals surface area contributed by atoms with E-state index < -0.39 is 76.4 Å². The van der Waals surface area contributed by atoms with Crippen LogP contribution in [0.5, 0.6) is 0 Å². The van der Waals surface area contributed by atoms with Gasteiger partial charge in [0.2, 0.25) is 0 Å². The third kappa shape index (κ3) is 34.2. The predicted octanol–water partition coefficient (Wildman–Crippen LogP) is 7.05. The van der Waals surface area contributed by atoms with Crippen LogP contribution in [0.2, 0.25) is 0 Å². The van der Waals surface area contributed by atoms with E-state index in [2.05, 4.69) is 13.8 Å². The Morgan fingerprint density at radius 3 is 1.27 bits per heavy atom. The van der Waals surface area contributed by atoms with Crippen LogP contribution < -0.4 is 34.5 Å². The summed E-state index contributed by atoms with van der Waals surface area (Å²) < 4.78 is 38.4. The zero-order valence-corrected chi connectivity index (χ0v) is 42.4. The maximum absolute atomic E-state index is 12.8. The van der Waals surface area contributed by atoms with E-state index >= 15 is 0 Å². The molecule has 13 nitrogen and oxygen atoms in total. The van der Waals surface area contributed by atoms with Crippen molar-refractivity contribution in [3.63, 3.8) is 0 Å². The Kier molecular flexibility index (Phi) is 42.1. The van der Waals surface area contributed by atoms with Gasteiger partial charge in [-0.15, -0.1) is 0 Å². The van der Waals surface area contributed by atoms with Crippen molar-refractivity contribution in [2.75, 3.05) is 19.8 Å². The molecule has 7 atom stereocenters. The molecule has 1 fully saturated rings. The van der Waals surface area contributed by atoms with Crippen LogP contribution in [0, 0.1) is 0 Å². The van der Waals surface area contributed by atoms with Crippen molar-refractivity contribution in [2.45, 2.75) is 269 Å². The van der Waals surface area contributed by atoms with E-state index in [0.29, 0.717) is 12.8 Å². The number of phosphoric acid groups is 1. The quantitative estimate of drug-likeness (QED) is 0.0210. The average molecular weight is 917 g/mol. The number of unbranched alkanes of at least 4 members (excludes halogenated alkanes) is 30. The molecule has 1 aliphatic heterocycles. The number of phosphoric ester groups is 1. The smallest absolute Gasteiger partial charge is 0.756 e. The maximum Gasteiger partial charge on any atom is 1.00 e. The topological polar surface area (TPSA) is 201 Å². The standard InChI is InChI=1S/C47H91O13P.Na/c1-3-5-7-9-11-13-15-17-19-20-22-24-26-28-30-32-34-36-43(50)58-40(39-57-61(54,55)60-47-46(53)45(52)44(51)41(37-48)59-47)38-56-42(49)35-33-31-29-27-25-23-21-18-16-14-12-10-8-6-4-2;/h40-41,44-48,51-53H,3-39H2,1-2H3,(H,54,55);/q;+1/p-1/t40-,41-,44-,45+,46-,47+;/m1./s1. The summed E-state index contributed by atoms with van der Waals surface area (Å²) >= 11 is 0. The Bertz CT molecular complexity index is 1090. The van der Waals surface area contributed by atoms with E-state index in [9.17, 15) is 39.5 Å². The molecular formula is C47H90NaO13P. The minimum Gasteiger partial charge on any atom is -0.756 e. The van der Waals surface area contributed by atoms with Gasteiger partial charge in [-0.1, -0.05) is 206 Å². The van der Waals surface area contributed by atoms with Gasteiger partial charge in [-0.05, 0) is 12.8 Å². The van der Waals surface area contributed by atoms with E-state index in [-0.39, 0.29) is 42.4 Å². The molecule has 1 unspecified atom stereocenters. The first kappa shape index (κ1) is 61.9. The van der Waals surface area contributed by atoms with Gasteiger partial charge in [-0.2, -0.15) is 0 Å². The molecule has 4 N–H and O–H groups in total. The van der Waals surface area contributed by atoms with E-state index in [1.807, 2.05) is 0 Å². The van der Waals surface area contributed by atoms with E-state index in [4.69, 9.17) is 23.3 Å². The predicted molar refractivity (Wildman–Crippen MR) is 238 cm³/mol. The van der Waals surface area contributed by atoms with Crippen LogP contribution in [-0.4, -0.2) is 89.0 Å². The summed E-state index contributed by atoms with van der Waals surface area (Å²) in [5, 5.41) is 39.6. The number of hydrogen-bond acceptors (Lipinski definition) is 13. The summed E-state index contributed by atoms with van der Waals surface area (Å²) in [6, 6.07) is 0.